The SMILES string of the molecule is O=C(O)c1ccc(C2=CNCC(O)=C2)cc1. The number of rotatable bonds is 2. The first-order valence-corrected chi connectivity index (χ1v) is 4.83. The lowest BCUT2D eigenvalue weighted by Crippen LogP contribution is -2.14. The Bertz CT molecular complexity index is 472. The van der Waals surface area contributed by atoms with Crippen LogP contribution in [-0.2, 0) is 0 Å². The molecule has 16 heavy (non-hydrogen) atoms. The maximum absolute atomic E-state index is 10.7. The van der Waals surface area contributed by atoms with Gasteiger partial charge in [0.05, 0.1) is 12.1 Å². The molecule has 3 N–H and O–H groups in total. The monoisotopic (exact) mass is 217 g/mol. The highest BCUT2D eigenvalue weighted by Gasteiger charge is 2.07. The Kier molecular flexibility index (Phi) is 2.64. The number of aliphatic hydroxyl groups is 1. The van der Waals surface area contributed by atoms with Crippen LogP contribution in [-0.4, -0.2) is 22.7 Å². The molecule has 0 saturated heterocycles. The number of carboxylic acids is 1. The van der Waals surface area contributed by atoms with Crippen molar-refractivity contribution in [1.29, 1.82) is 0 Å². The third kappa shape index (κ3) is 2.06. The minimum absolute atomic E-state index is 0.251. The lowest BCUT2D eigenvalue weighted by Gasteiger charge is -2.11. The summed E-state index contributed by atoms with van der Waals surface area (Å²) in [5.74, 6) is -0.680. The first kappa shape index (κ1) is 10.3. The second kappa shape index (κ2) is 4.10. The highest BCUT2D eigenvalue weighted by Crippen LogP contribution is 2.19. The number of benzene rings is 1. The highest BCUT2D eigenvalue weighted by atomic mass is 16.4. The average Bonchev–Trinajstić information content (AvgIpc) is 2.29. The number of dihydropyridines is 1. The topological polar surface area (TPSA) is 69.6 Å². The fourth-order valence-corrected chi connectivity index (χ4v) is 1.51. The summed E-state index contributed by atoms with van der Waals surface area (Å²) in [6, 6.07) is 6.51. The van der Waals surface area contributed by atoms with Crippen LogP contribution in [0.15, 0.2) is 42.3 Å². The van der Waals surface area contributed by atoms with Crippen molar-refractivity contribution in [2.24, 2.45) is 0 Å². The molecule has 4 heteroatoms. The Morgan fingerprint density at radius 1 is 1.25 bits per heavy atom. The largest absolute Gasteiger partial charge is 0.510 e. The molecule has 0 atom stereocenters. The number of nitrogens with one attached hydrogen (secondary N) is 1. The van der Waals surface area contributed by atoms with Gasteiger partial charge in [-0.15, -0.1) is 0 Å². The Morgan fingerprint density at radius 2 is 1.94 bits per heavy atom. The molecule has 0 fully saturated rings. The zero-order chi connectivity index (χ0) is 11.5. The molecule has 1 heterocycles. The molecular weight excluding hydrogens is 206 g/mol. The molecular formula is C12H11NO3. The van der Waals surface area contributed by atoms with Crippen LogP contribution in [0.5, 0.6) is 0 Å². The van der Waals surface area contributed by atoms with Crippen molar-refractivity contribution < 1.29 is 15.0 Å². The minimum atomic E-state index is -0.944. The molecule has 0 unspecified atom stereocenters. The lowest BCUT2D eigenvalue weighted by molar-refractivity contribution is 0.0697. The van der Waals surface area contributed by atoms with Crippen molar-refractivity contribution in [3.63, 3.8) is 0 Å². The van der Waals surface area contributed by atoms with Gasteiger partial charge in [0.1, 0.15) is 5.76 Å². The number of allylic oxidation sites excluding steroid dienone is 2. The fraction of sp³-hybridized carbons (Fsp3) is 0.0833. The molecule has 0 amide bonds. The lowest BCUT2D eigenvalue weighted by atomic mass is 10.0. The van der Waals surface area contributed by atoms with E-state index in [2.05, 4.69) is 5.32 Å². The van der Waals surface area contributed by atoms with Gasteiger partial charge in [-0.3, -0.25) is 0 Å². The minimum Gasteiger partial charge on any atom is -0.510 e. The Hall–Kier alpha value is -2.23. The van der Waals surface area contributed by atoms with Gasteiger partial charge < -0.3 is 15.5 Å². The van der Waals surface area contributed by atoms with Crippen molar-refractivity contribution >= 4 is 11.5 Å². The number of hydrogen-bond donors (Lipinski definition) is 3. The summed E-state index contributed by atoms with van der Waals surface area (Å²) >= 11 is 0. The standard InChI is InChI=1S/C12H11NO3/c14-11-5-10(6-13-7-11)8-1-3-9(4-2-8)12(15)16/h1-6,13-14H,7H2,(H,15,16). The first-order chi connectivity index (χ1) is 7.66. The van der Waals surface area contributed by atoms with Gasteiger partial charge >= 0.3 is 5.97 Å². The van der Waals surface area contributed by atoms with Crippen LogP contribution in [0.25, 0.3) is 5.57 Å². The van der Waals surface area contributed by atoms with E-state index in [4.69, 9.17) is 5.11 Å². The highest BCUT2D eigenvalue weighted by molar-refractivity contribution is 5.88. The van der Waals surface area contributed by atoms with E-state index in [0.717, 1.165) is 11.1 Å². The number of carboxylic acid groups (broad SMARTS) is 1. The van der Waals surface area contributed by atoms with E-state index in [-0.39, 0.29) is 11.3 Å². The maximum atomic E-state index is 10.7. The molecule has 1 aliphatic rings. The molecule has 0 aliphatic carbocycles. The molecule has 0 spiro atoms. The van der Waals surface area contributed by atoms with E-state index >= 15 is 0 Å². The van der Waals surface area contributed by atoms with E-state index in [9.17, 15) is 9.90 Å². The van der Waals surface area contributed by atoms with Crippen molar-refractivity contribution in [3.05, 3.63) is 53.4 Å². The van der Waals surface area contributed by atoms with E-state index in [1.54, 1.807) is 24.4 Å². The van der Waals surface area contributed by atoms with Gasteiger partial charge in [0.15, 0.2) is 0 Å². The molecule has 0 saturated carbocycles. The molecule has 2 rings (SSSR count). The van der Waals surface area contributed by atoms with Gasteiger partial charge in [0.2, 0.25) is 0 Å². The van der Waals surface area contributed by atoms with Gasteiger partial charge in [-0.25, -0.2) is 4.79 Å². The van der Waals surface area contributed by atoms with Crippen molar-refractivity contribution in [2.75, 3.05) is 6.54 Å². The third-order valence-corrected chi connectivity index (χ3v) is 2.33. The second-order valence-electron chi connectivity index (χ2n) is 3.50. The summed E-state index contributed by atoms with van der Waals surface area (Å²) < 4.78 is 0. The Labute approximate surface area is 92.5 Å². The maximum Gasteiger partial charge on any atom is 0.335 e. The Balaban J connectivity index is 2.29. The summed E-state index contributed by atoms with van der Waals surface area (Å²) in [5, 5.41) is 21.0. The molecule has 0 aromatic heterocycles. The molecule has 82 valence electrons. The van der Waals surface area contributed by atoms with E-state index in [1.165, 1.54) is 12.1 Å². The number of hydrogen-bond acceptors (Lipinski definition) is 3. The molecule has 1 aromatic rings. The van der Waals surface area contributed by atoms with Crippen LogP contribution in [0.3, 0.4) is 0 Å². The second-order valence-corrected chi connectivity index (χ2v) is 3.50. The zero-order valence-electron chi connectivity index (χ0n) is 8.47. The molecule has 1 aromatic carbocycles. The van der Waals surface area contributed by atoms with Gasteiger partial charge in [-0.05, 0) is 23.8 Å². The number of aliphatic hydroxyl groups excluding tert-OH is 1. The van der Waals surface area contributed by atoms with Crippen LogP contribution in [0.2, 0.25) is 0 Å². The molecule has 0 bridgehead atoms. The quantitative estimate of drug-likeness (QED) is 0.706. The van der Waals surface area contributed by atoms with Crippen LogP contribution in [0.1, 0.15) is 15.9 Å². The number of aromatic carboxylic acids is 1. The number of carbonyl (C=O) groups is 1. The molecule has 4 nitrogen and oxygen atoms in total. The van der Waals surface area contributed by atoms with Crippen molar-refractivity contribution in [2.45, 2.75) is 0 Å². The normalized spacial score (nSPS) is 14.8. The summed E-state index contributed by atoms with van der Waals surface area (Å²) in [7, 11) is 0. The van der Waals surface area contributed by atoms with Gasteiger partial charge in [0.25, 0.3) is 0 Å². The molecule has 1 aliphatic heterocycles. The van der Waals surface area contributed by atoms with Crippen molar-refractivity contribution in [3.8, 4) is 0 Å². The fourth-order valence-electron chi connectivity index (χ4n) is 1.51. The summed E-state index contributed by atoms with van der Waals surface area (Å²) in [6.07, 6.45) is 3.45. The van der Waals surface area contributed by atoms with E-state index in [1.807, 2.05) is 0 Å². The predicted molar refractivity (Wildman–Crippen MR) is 60.1 cm³/mol. The first-order valence-electron chi connectivity index (χ1n) is 4.83. The van der Waals surface area contributed by atoms with Crippen molar-refractivity contribution in [1.82, 2.24) is 5.32 Å². The smallest absolute Gasteiger partial charge is 0.335 e. The summed E-state index contributed by atoms with van der Waals surface area (Å²) in [5.41, 5.74) is 1.95. The van der Waals surface area contributed by atoms with Crippen LogP contribution in [0.4, 0.5) is 0 Å². The van der Waals surface area contributed by atoms with Crippen LogP contribution in [0, 0.1) is 0 Å². The summed E-state index contributed by atoms with van der Waals surface area (Å²) in [4.78, 5) is 10.7. The average molecular weight is 217 g/mol. The third-order valence-electron chi connectivity index (χ3n) is 2.33. The van der Waals surface area contributed by atoms with Crippen LogP contribution < -0.4 is 5.32 Å². The van der Waals surface area contributed by atoms with E-state index < -0.39 is 5.97 Å². The molecule has 0 radical (unpaired) electrons. The van der Waals surface area contributed by atoms with Gasteiger partial charge in [-0.1, -0.05) is 12.1 Å². The van der Waals surface area contributed by atoms with Gasteiger partial charge in [-0.2, -0.15) is 0 Å². The van der Waals surface area contributed by atoms with Crippen LogP contribution >= 0.6 is 0 Å². The van der Waals surface area contributed by atoms with E-state index in [0.29, 0.717) is 6.54 Å². The zero-order valence-corrected chi connectivity index (χ0v) is 8.47. The summed E-state index contributed by atoms with van der Waals surface area (Å²) in [6.45, 7) is 0.427. The van der Waals surface area contributed by atoms with Gasteiger partial charge in [0, 0.05) is 11.8 Å². The predicted octanol–water partition coefficient (Wildman–Crippen LogP) is 1.77. The Morgan fingerprint density at radius 3 is 2.50 bits per heavy atom.